The van der Waals surface area contributed by atoms with Gasteiger partial charge in [-0.15, -0.1) is 0 Å². The third kappa shape index (κ3) is 4.83. The molecule has 2 atom stereocenters. The normalized spacial score (nSPS) is 27.2. The Morgan fingerprint density at radius 2 is 2.23 bits per heavy atom. The maximum atomic E-state index is 9.27. The minimum atomic E-state index is 0.0444. The first-order chi connectivity index (χ1) is 10.6. The number of nitrogens with one attached hydrogen (secondary N) is 2. The average molecular weight is 312 g/mol. The van der Waals surface area contributed by atoms with Crippen LogP contribution in [0.5, 0.6) is 0 Å². The summed E-state index contributed by atoms with van der Waals surface area (Å²) in [5.41, 5.74) is 0.0444. The summed E-state index contributed by atoms with van der Waals surface area (Å²) in [5, 5.41) is 16.1. The molecule has 2 unspecified atom stereocenters. The van der Waals surface area contributed by atoms with Crippen molar-refractivity contribution in [3.8, 4) is 0 Å². The van der Waals surface area contributed by atoms with Gasteiger partial charge in [0.25, 0.3) is 0 Å². The molecule has 0 amide bonds. The minimum absolute atomic E-state index is 0.0444. The number of aliphatic hydroxyl groups is 1. The standard InChI is InChI=1S/C16H32N4O2/c1-13(20(3)14-4-5-14)10-18-15(17-2)19-11-16(6-8-21)7-9-22-12-16/h13-14,21H,4-12H2,1-3H3,(H2,17,18,19). The number of aliphatic hydroxyl groups excluding tert-OH is 1. The van der Waals surface area contributed by atoms with Gasteiger partial charge in [-0.05, 0) is 39.7 Å². The highest BCUT2D eigenvalue weighted by atomic mass is 16.5. The van der Waals surface area contributed by atoms with Gasteiger partial charge in [-0.1, -0.05) is 0 Å². The average Bonchev–Trinajstić information content (AvgIpc) is 3.27. The van der Waals surface area contributed by atoms with Crippen LogP contribution >= 0.6 is 0 Å². The molecule has 2 fully saturated rings. The first kappa shape index (κ1) is 17.5. The van der Waals surface area contributed by atoms with Gasteiger partial charge in [0.05, 0.1) is 6.61 Å². The molecule has 0 radical (unpaired) electrons. The third-order valence-corrected chi connectivity index (χ3v) is 5.06. The van der Waals surface area contributed by atoms with E-state index in [0.29, 0.717) is 6.04 Å². The first-order valence-corrected chi connectivity index (χ1v) is 8.45. The van der Waals surface area contributed by atoms with Crippen LogP contribution in [0.25, 0.3) is 0 Å². The molecule has 0 bridgehead atoms. The van der Waals surface area contributed by atoms with Gasteiger partial charge in [-0.25, -0.2) is 0 Å². The molecule has 3 N–H and O–H groups in total. The predicted molar refractivity (Wildman–Crippen MR) is 89.2 cm³/mol. The topological polar surface area (TPSA) is 69.1 Å². The molecule has 6 nitrogen and oxygen atoms in total. The molecule has 2 aliphatic rings. The zero-order valence-electron chi connectivity index (χ0n) is 14.3. The van der Waals surface area contributed by atoms with Crippen molar-refractivity contribution in [1.29, 1.82) is 0 Å². The van der Waals surface area contributed by atoms with Crippen molar-refractivity contribution in [2.75, 3.05) is 47.0 Å². The molecule has 0 aromatic rings. The van der Waals surface area contributed by atoms with Gasteiger partial charge in [0.1, 0.15) is 0 Å². The number of rotatable bonds is 8. The second kappa shape index (κ2) is 8.13. The van der Waals surface area contributed by atoms with Gasteiger partial charge in [0, 0.05) is 50.8 Å². The molecular weight excluding hydrogens is 280 g/mol. The van der Waals surface area contributed by atoms with E-state index in [0.717, 1.165) is 51.1 Å². The molecule has 0 spiro atoms. The molecule has 1 saturated carbocycles. The molecule has 1 heterocycles. The fourth-order valence-corrected chi connectivity index (χ4v) is 3.03. The van der Waals surface area contributed by atoms with Crippen molar-refractivity contribution >= 4 is 5.96 Å². The number of aliphatic imine (C=N–C) groups is 1. The van der Waals surface area contributed by atoms with Crippen molar-refractivity contribution in [2.24, 2.45) is 10.4 Å². The quantitative estimate of drug-likeness (QED) is 0.448. The molecule has 1 saturated heterocycles. The van der Waals surface area contributed by atoms with Gasteiger partial charge in [-0.2, -0.15) is 0 Å². The van der Waals surface area contributed by atoms with Crippen molar-refractivity contribution in [3.05, 3.63) is 0 Å². The lowest BCUT2D eigenvalue weighted by atomic mass is 9.84. The maximum Gasteiger partial charge on any atom is 0.191 e. The van der Waals surface area contributed by atoms with Crippen molar-refractivity contribution in [2.45, 2.75) is 44.7 Å². The van der Waals surface area contributed by atoms with E-state index in [2.05, 4.69) is 34.5 Å². The van der Waals surface area contributed by atoms with Gasteiger partial charge in [0.15, 0.2) is 5.96 Å². The van der Waals surface area contributed by atoms with E-state index < -0.39 is 0 Å². The molecule has 22 heavy (non-hydrogen) atoms. The lowest BCUT2D eigenvalue weighted by molar-refractivity contribution is 0.127. The van der Waals surface area contributed by atoms with Crippen LogP contribution in [-0.2, 0) is 4.74 Å². The number of likely N-dealkylation sites (N-methyl/N-ethyl adjacent to an activating group) is 1. The number of hydrogen-bond acceptors (Lipinski definition) is 4. The Balaban J connectivity index is 1.74. The summed E-state index contributed by atoms with van der Waals surface area (Å²) in [6.07, 6.45) is 4.44. The Bertz CT molecular complexity index is 365. The molecule has 128 valence electrons. The number of hydrogen-bond donors (Lipinski definition) is 3. The summed E-state index contributed by atoms with van der Waals surface area (Å²) in [4.78, 5) is 6.75. The van der Waals surface area contributed by atoms with Crippen LogP contribution in [0.3, 0.4) is 0 Å². The Kier molecular flexibility index (Phi) is 6.47. The van der Waals surface area contributed by atoms with E-state index in [-0.39, 0.29) is 12.0 Å². The zero-order valence-corrected chi connectivity index (χ0v) is 14.3. The summed E-state index contributed by atoms with van der Waals surface area (Å²) >= 11 is 0. The number of ether oxygens (including phenoxy) is 1. The van der Waals surface area contributed by atoms with Crippen LogP contribution in [0.4, 0.5) is 0 Å². The van der Waals surface area contributed by atoms with Crippen molar-refractivity contribution < 1.29 is 9.84 Å². The number of nitrogens with zero attached hydrogens (tertiary/aromatic N) is 2. The monoisotopic (exact) mass is 312 g/mol. The summed E-state index contributed by atoms with van der Waals surface area (Å²) in [6.45, 7) is 5.64. The maximum absolute atomic E-state index is 9.27. The van der Waals surface area contributed by atoms with E-state index >= 15 is 0 Å². The van der Waals surface area contributed by atoms with E-state index in [1.54, 1.807) is 7.05 Å². The van der Waals surface area contributed by atoms with E-state index in [9.17, 15) is 5.11 Å². The molecule has 1 aliphatic heterocycles. The molecule has 6 heteroatoms. The van der Waals surface area contributed by atoms with Crippen LogP contribution in [0.1, 0.15) is 32.6 Å². The van der Waals surface area contributed by atoms with Crippen LogP contribution in [0, 0.1) is 5.41 Å². The SMILES string of the molecule is CN=C(NCC(C)N(C)C1CC1)NCC1(CCO)CCOC1. The molecule has 0 aromatic heterocycles. The number of guanidine groups is 1. The van der Waals surface area contributed by atoms with Gasteiger partial charge >= 0.3 is 0 Å². The summed E-state index contributed by atoms with van der Waals surface area (Å²) in [7, 11) is 4.00. The summed E-state index contributed by atoms with van der Waals surface area (Å²) in [5.74, 6) is 0.834. The van der Waals surface area contributed by atoms with E-state index in [1.165, 1.54) is 12.8 Å². The fraction of sp³-hybridized carbons (Fsp3) is 0.938. The largest absolute Gasteiger partial charge is 0.396 e. The molecule has 2 rings (SSSR count). The Labute approximate surface area is 134 Å². The summed E-state index contributed by atoms with van der Waals surface area (Å²) < 4.78 is 5.52. The van der Waals surface area contributed by atoms with E-state index in [4.69, 9.17) is 4.74 Å². The second-order valence-electron chi connectivity index (χ2n) is 6.83. The molecule has 0 aromatic carbocycles. The smallest absolute Gasteiger partial charge is 0.191 e. The molecule has 1 aliphatic carbocycles. The van der Waals surface area contributed by atoms with Crippen LogP contribution < -0.4 is 10.6 Å². The minimum Gasteiger partial charge on any atom is -0.396 e. The Morgan fingerprint density at radius 1 is 1.45 bits per heavy atom. The summed E-state index contributed by atoms with van der Waals surface area (Å²) in [6, 6.07) is 1.27. The fourth-order valence-electron chi connectivity index (χ4n) is 3.03. The van der Waals surface area contributed by atoms with Crippen LogP contribution in [0.2, 0.25) is 0 Å². The van der Waals surface area contributed by atoms with Gasteiger partial charge < -0.3 is 20.5 Å². The third-order valence-electron chi connectivity index (χ3n) is 5.06. The van der Waals surface area contributed by atoms with Gasteiger partial charge in [0.2, 0.25) is 0 Å². The predicted octanol–water partition coefficient (Wildman–Crippen LogP) is 0.423. The molecular formula is C16H32N4O2. The lowest BCUT2D eigenvalue weighted by Gasteiger charge is -2.29. The highest BCUT2D eigenvalue weighted by Gasteiger charge is 2.34. The van der Waals surface area contributed by atoms with Crippen molar-refractivity contribution in [1.82, 2.24) is 15.5 Å². The van der Waals surface area contributed by atoms with E-state index in [1.807, 2.05) is 0 Å². The lowest BCUT2D eigenvalue weighted by Crippen LogP contribution is -2.48. The second-order valence-corrected chi connectivity index (χ2v) is 6.83. The van der Waals surface area contributed by atoms with Crippen LogP contribution in [0.15, 0.2) is 4.99 Å². The Hall–Kier alpha value is -0.850. The van der Waals surface area contributed by atoms with Gasteiger partial charge in [-0.3, -0.25) is 9.89 Å². The van der Waals surface area contributed by atoms with Crippen LogP contribution in [-0.4, -0.2) is 75.1 Å². The van der Waals surface area contributed by atoms with Crippen molar-refractivity contribution in [3.63, 3.8) is 0 Å². The highest BCUT2D eigenvalue weighted by molar-refractivity contribution is 5.79. The highest BCUT2D eigenvalue weighted by Crippen LogP contribution is 2.31. The Morgan fingerprint density at radius 3 is 2.77 bits per heavy atom. The first-order valence-electron chi connectivity index (χ1n) is 8.45. The zero-order chi connectivity index (χ0) is 16.0.